The Morgan fingerprint density at radius 1 is 0.977 bits per heavy atom. The Kier molecular flexibility index (Phi) is 8.57. The molecule has 0 unspecified atom stereocenters. The zero-order valence-electron chi connectivity index (χ0n) is 24.5. The molecule has 0 bridgehead atoms. The number of hydrogen-bond donors (Lipinski definition) is 1. The average Bonchev–Trinajstić information content (AvgIpc) is 3.78. The third-order valence-corrected chi connectivity index (χ3v) is 7.90. The normalized spacial score (nSPS) is 13.4. The van der Waals surface area contributed by atoms with E-state index in [-0.39, 0.29) is 11.5 Å². The SMILES string of the molecule is CCCCc1nc(C2CCCC2)n(-c2ncc(OCC)cn2)c(=O)c1Cc1ccc(-c2ccccc2-c2nn[nH]n2)nc1. The van der Waals surface area contributed by atoms with Gasteiger partial charge in [-0.15, -0.1) is 10.2 Å². The molecule has 11 heteroatoms. The average molecular weight is 578 g/mol. The minimum Gasteiger partial charge on any atom is -0.491 e. The van der Waals surface area contributed by atoms with E-state index in [0.29, 0.717) is 36.1 Å². The van der Waals surface area contributed by atoms with Crippen molar-refractivity contribution in [1.82, 2.24) is 45.1 Å². The van der Waals surface area contributed by atoms with E-state index in [1.165, 1.54) is 0 Å². The fourth-order valence-electron chi connectivity index (χ4n) is 5.73. The Morgan fingerprint density at radius 3 is 2.44 bits per heavy atom. The van der Waals surface area contributed by atoms with Crippen LogP contribution >= 0.6 is 0 Å². The fourth-order valence-corrected chi connectivity index (χ4v) is 5.73. The van der Waals surface area contributed by atoms with E-state index in [9.17, 15) is 4.79 Å². The fraction of sp³-hybridized carbons (Fsp3) is 0.375. The molecule has 5 aromatic rings. The minimum atomic E-state index is -0.112. The Hall–Kier alpha value is -4.80. The molecule has 1 fully saturated rings. The minimum absolute atomic E-state index is 0.112. The van der Waals surface area contributed by atoms with Crippen LogP contribution in [0.25, 0.3) is 28.6 Å². The van der Waals surface area contributed by atoms with Crippen LogP contribution in [0, 0.1) is 0 Å². The van der Waals surface area contributed by atoms with Gasteiger partial charge in [-0.2, -0.15) is 5.21 Å². The first-order valence-electron chi connectivity index (χ1n) is 15.0. The number of aryl methyl sites for hydroxylation is 1. The lowest BCUT2D eigenvalue weighted by atomic mass is 9.99. The smallest absolute Gasteiger partial charge is 0.264 e. The van der Waals surface area contributed by atoms with Crippen LogP contribution in [0.3, 0.4) is 0 Å². The standard InChI is InChI=1S/C32H35N9O2/c1-3-5-14-28-26(17-21-15-16-27(33-18-21)24-12-8-9-13-25(24)29-37-39-40-38-29)31(42)41(30(36-28)22-10-6-7-11-22)32-34-19-23(20-35-32)43-4-2/h8-9,12-13,15-16,18-20,22H,3-7,10-11,14,17H2,1-2H3,(H,37,38,39,40). The summed E-state index contributed by atoms with van der Waals surface area (Å²) in [6.45, 7) is 4.58. The van der Waals surface area contributed by atoms with Crippen LogP contribution < -0.4 is 10.3 Å². The summed E-state index contributed by atoms with van der Waals surface area (Å²) in [6, 6.07) is 11.8. The predicted molar refractivity (Wildman–Crippen MR) is 162 cm³/mol. The second-order valence-corrected chi connectivity index (χ2v) is 10.8. The Balaban J connectivity index is 1.39. The summed E-state index contributed by atoms with van der Waals surface area (Å²) in [7, 11) is 0. The van der Waals surface area contributed by atoms with Gasteiger partial charge in [0.1, 0.15) is 5.82 Å². The van der Waals surface area contributed by atoms with Gasteiger partial charge in [-0.05, 0) is 49.5 Å². The van der Waals surface area contributed by atoms with Gasteiger partial charge in [0.2, 0.25) is 11.8 Å². The number of ether oxygens (including phenoxy) is 1. The number of aromatic nitrogens is 9. The van der Waals surface area contributed by atoms with Crippen molar-refractivity contribution in [2.24, 2.45) is 0 Å². The summed E-state index contributed by atoms with van der Waals surface area (Å²) < 4.78 is 7.18. The van der Waals surface area contributed by atoms with E-state index in [2.05, 4.69) is 37.5 Å². The molecule has 4 aromatic heterocycles. The van der Waals surface area contributed by atoms with Gasteiger partial charge in [0, 0.05) is 35.2 Å². The molecule has 11 nitrogen and oxygen atoms in total. The zero-order chi connectivity index (χ0) is 29.6. The Labute approximate surface area is 249 Å². The summed E-state index contributed by atoms with van der Waals surface area (Å²) in [5.41, 5.74) is 4.85. The summed E-state index contributed by atoms with van der Waals surface area (Å²) in [5.74, 6) is 2.39. The van der Waals surface area contributed by atoms with Crippen molar-refractivity contribution in [3.63, 3.8) is 0 Å². The third-order valence-electron chi connectivity index (χ3n) is 7.90. The number of hydrogen-bond acceptors (Lipinski definition) is 9. The van der Waals surface area contributed by atoms with Crippen molar-refractivity contribution in [1.29, 1.82) is 0 Å². The number of benzene rings is 1. The molecule has 4 heterocycles. The number of H-pyrrole nitrogens is 1. The predicted octanol–water partition coefficient (Wildman–Crippen LogP) is 5.25. The van der Waals surface area contributed by atoms with Gasteiger partial charge < -0.3 is 4.74 Å². The number of tetrazole rings is 1. The van der Waals surface area contributed by atoms with Gasteiger partial charge in [-0.25, -0.2) is 19.5 Å². The molecule has 1 aromatic carbocycles. The highest BCUT2D eigenvalue weighted by molar-refractivity contribution is 5.78. The van der Waals surface area contributed by atoms with Gasteiger partial charge in [0.25, 0.3) is 5.56 Å². The highest BCUT2D eigenvalue weighted by Gasteiger charge is 2.27. The Bertz CT molecular complexity index is 1710. The second-order valence-electron chi connectivity index (χ2n) is 10.8. The maximum Gasteiger partial charge on any atom is 0.264 e. The van der Waals surface area contributed by atoms with Crippen LogP contribution in [0.2, 0.25) is 0 Å². The van der Waals surface area contributed by atoms with Crippen molar-refractivity contribution in [3.05, 3.63) is 88.0 Å². The van der Waals surface area contributed by atoms with Gasteiger partial charge in [-0.1, -0.05) is 56.5 Å². The van der Waals surface area contributed by atoms with Crippen LogP contribution in [0.4, 0.5) is 0 Å². The van der Waals surface area contributed by atoms with E-state index in [1.54, 1.807) is 17.0 Å². The number of nitrogens with one attached hydrogen (secondary N) is 1. The van der Waals surface area contributed by atoms with E-state index in [1.807, 2.05) is 49.5 Å². The van der Waals surface area contributed by atoms with Crippen molar-refractivity contribution in [2.75, 3.05) is 6.61 Å². The van der Waals surface area contributed by atoms with E-state index < -0.39 is 0 Å². The van der Waals surface area contributed by atoms with Gasteiger partial charge in [0.15, 0.2) is 5.75 Å². The quantitative estimate of drug-likeness (QED) is 0.223. The number of pyridine rings is 1. The number of unbranched alkanes of at least 4 members (excludes halogenated alkanes) is 1. The molecule has 0 amide bonds. The molecule has 0 spiro atoms. The van der Waals surface area contributed by atoms with E-state index in [4.69, 9.17) is 14.7 Å². The molecule has 0 atom stereocenters. The van der Waals surface area contributed by atoms with Gasteiger partial charge in [0.05, 0.1) is 30.4 Å². The monoisotopic (exact) mass is 577 g/mol. The molecular formula is C32H35N9O2. The third kappa shape index (κ3) is 6.06. The summed E-state index contributed by atoms with van der Waals surface area (Å²) >= 11 is 0. The van der Waals surface area contributed by atoms with Crippen molar-refractivity contribution >= 4 is 0 Å². The number of nitrogens with zero attached hydrogens (tertiary/aromatic N) is 8. The summed E-state index contributed by atoms with van der Waals surface area (Å²) in [5, 5.41) is 14.5. The number of aromatic amines is 1. The van der Waals surface area contributed by atoms with Crippen molar-refractivity contribution in [2.45, 2.75) is 71.1 Å². The molecule has 0 saturated heterocycles. The lowest BCUT2D eigenvalue weighted by molar-refractivity contribution is 0.337. The molecule has 220 valence electrons. The van der Waals surface area contributed by atoms with Crippen molar-refractivity contribution < 1.29 is 4.74 Å². The molecule has 0 aliphatic heterocycles. The molecule has 43 heavy (non-hydrogen) atoms. The molecule has 1 N–H and O–H groups in total. The molecule has 0 radical (unpaired) electrons. The van der Waals surface area contributed by atoms with E-state index in [0.717, 1.165) is 78.8 Å². The first-order valence-corrected chi connectivity index (χ1v) is 15.0. The molecule has 1 aliphatic carbocycles. The largest absolute Gasteiger partial charge is 0.491 e. The summed E-state index contributed by atoms with van der Waals surface area (Å²) in [6.07, 6.45) is 12.5. The van der Waals surface area contributed by atoms with Crippen LogP contribution in [-0.4, -0.2) is 51.7 Å². The maximum atomic E-state index is 14.4. The zero-order valence-corrected chi connectivity index (χ0v) is 24.5. The van der Waals surface area contributed by atoms with Gasteiger partial charge in [-0.3, -0.25) is 9.78 Å². The van der Waals surface area contributed by atoms with Crippen molar-refractivity contribution in [3.8, 4) is 34.3 Å². The topological polar surface area (TPSA) is 137 Å². The highest BCUT2D eigenvalue weighted by Crippen LogP contribution is 2.34. The lowest BCUT2D eigenvalue weighted by Gasteiger charge is -2.20. The Morgan fingerprint density at radius 2 is 1.77 bits per heavy atom. The first-order chi connectivity index (χ1) is 21.2. The van der Waals surface area contributed by atoms with Crippen LogP contribution in [-0.2, 0) is 12.8 Å². The first kappa shape index (κ1) is 28.3. The van der Waals surface area contributed by atoms with Gasteiger partial charge >= 0.3 is 0 Å². The summed E-state index contributed by atoms with van der Waals surface area (Å²) in [4.78, 5) is 33.4. The van der Waals surface area contributed by atoms with Crippen LogP contribution in [0.5, 0.6) is 5.75 Å². The highest BCUT2D eigenvalue weighted by atomic mass is 16.5. The lowest BCUT2D eigenvalue weighted by Crippen LogP contribution is -2.31. The maximum absolute atomic E-state index is 14.4. The molecular weight excluding hydrogens is 542 g/mol. The number of rotatable bonds is 11. The van der Waals surface area contributed by atoms with E-state index >= 15 is 0 Å². The molecule has 1 aliphatic rings. The second kappa shape index (κ2) is 13.0. The van der Waals surface area contributed by atoms with Crippen LogP contribution in [0.1, 0.15) is 80.9 Å². The van der Waals surface area contributed by atoms with Crippen LogP contribution in [0.15, 0.2) is 59.8 Å². The molecule has 6 rings (SSSR count). The molecule has 1 saturated carbocycles.